The number of allylic oxidation sites excluding steroid dienone is 3. The summed E-state index contributed by atoms with van der Waals surface area (Å²) in [5.41, 5.74) is 2.51. The maximum absolute atomic E-state index is 12.6. The summed E-state index contributed by atoms with van der Waals surface area (Å²) in [6, 6.07) is 0. The van der Waals surface area contributed by atoms with Gasteiger partial charge >= 0.3 is 5.97 Å². The molecule has 0 aromatic rings. The average molecular weight is 328 g/mol. The minimum absolute atomic E-state index is 0.0138. The maximum atomic E-state index is 12.6. The van der Waals surface area contributed by atoms with Gasteiger partial charge in [0, 0.05) is 12.0 Å². The number of ether oxygens (including phenoxy) is 1. The molecule has 0 aromatic carbocycles. The molecule has 0 N–H and O–H groups in total. The molecule has 4 heteroatoms. The highest BCUT2D eigenvalue weighted by Gasteiger charge is 2.36. The lowest BCUT2D eigenvalue weighted by Gasteiger charge is -2.20. The Bertz CT molecular complexity index is 678. The predicted octanol–water partition coefficient (Wildman–Crippen LogP) is 3.49. The number of carbonyl (C=O) groups excluding carboxylic acids is 3. The van der Waals surface area contributed by atoms with Crippen LogP contribution in [0.4, 0.5) is 0 Å². The normalized spacial score (nSPS) is 28.3. The Labute approximate surface area is 143 Å². The number of hydrogen-bond donors (Lipinski definition) is 0. The highest BCUT2D eigenvalue weighted by molar-refractivity contribution is 6.04. The van der Waals surface area contributed by atoms with Crippen molar-refractivity contribution < 1.29 is 19.1 Å². The standard InChI is InChI=1S/C20H24O4/c1-11(2)14-6-7-15-10-18(24-20(15)23)19(12(3)4)17(22)8-13(5)16(21)9-14/h8,10,14,18-19H,1,3,6-7,9H2,2,4-5H3/t14-,18-,19-/m1/s1. The van der Waals surface area contributed by atoms with Gasteiger partial charge in [0.15, 0.2) is 11.6 Å². The first kappa shape index (κ1) is 18.1. The predicted molar refractivity (Wildman–Crippen MR) is 92.2 cm³/mol. The van der Waals surface area contributed by atoms with E-state index in [-0.39, 0.29) is 23.5 Å². The van der Waals surface area contributed by atoms with E-state index in [9.17, 15) is 14.4 Å². The molecule has 1 aliphatic heterocycles. The van der Waals surface area contributed by atoms with Crippen molar-refractivity contribution in [2.24, 2.45) is 11.8 Å². The van der Waals surface area contributed by atoms with Crippen LogP contribution in [-0.4, -0.2) is 23.6 Å². The van der Waals surface area contributed by atoms with Crippen molar-refractivity contribution in [2.45, 2.75) is 46.1 Å². The van der Waals surface area contributed by atoms with Crippen LogP contribution in [0.15, 0.2) is 47.6 Å². The molecule has 0 amide bonds. The Morgan fingerprint density at radius 1 is 1.17 bits per heavy atom. The van der Waals surface area contributed by atoms with E-state index in [1.165, 1.54) is 6.08 Å². The summed E-state index contributed by atoms with van der Waals surface area (Å²) in [4.78, 5) is 37.1. The largest absolute Gasteiger partial charge is 0.454 e. The van der Waals surface area contributed by atoms with Crippen LogP contribution in [0, 0.1) is 11.8 Å². The third-order valence-corrected chi connectivity index (χ3v) is 4.73. The molecule has 1 aliphatic carbocycles. The minimum Gasteiger partial charge on any atom is -0.454 e. The van der Waals surface area contributed by atoms with Gasteiger partial charge in [0.2, 0.25) is 0 Å². The molecule has 2 aliphatic rings. The summed E-state index contributed by atoms with van der Waals surface area (Å²) in [5.74, 6) is -1.36. The van der Waals surface area contributed by atoms with E-state index >= 15 is 0 Å². The van der Waals surface area contributed by atoms with E-state index in [0.29, 0.717) is 36.0 Å². The summed E-state index contributed by atoms with van der Waals surface area (Å²) in [7, 11) is 0. The monoisotopic (exact) mass is 328 g/mol. The van der Waals surface area contributed by atoms with Crippen molar-refractivity contribution in [1.29, 1.82) is 0 Å². The molecule has 2 bridgehead atoms. The molecule has 24 heavy (non-hydrogen) atoms. The Balaban J connectivity index is 2.43. The van der Waals surface area contributed by atoms with E-state index < -0.39 is 12.0 Å². The average Bonchev–Trinajstić information content (AvgIpc) is 2.82. The molecule has 4 nitrogen and oxygen atoms in total. The zero-order chi connectivity index (χ0) is 18.0. The van der Waals surface area contributed by atoms with Crippen LogP contribution >= 0.6 is 0 Å². The number of hydrogen-bond acceptors (Lipinski definition) is 4. The molecule has 0 saturated heterocycles. The van der Waals surface area contributed by atoms with Crippen molar-refractivity contribution in [1.82, 2.24) is 0 Å². The SMILES string of the molecule is C=C(C)[C@@H]1CCC2=C[C@@H](OC2=O)[C@H](C(=C)C)C(=O)C=C(C)C(=O)C1. The lowest BCUT2D eigenvalue weighted by Crippen LogP contribution is -2.28. The molecule has 0 saturated carbocycles. The van der Waals surface area contributed by atoms with Crippen molar-refractivity contribution >= 4 is 17.5 Å². The van der Waals surface area contributed by atoms with Crippen LogP contribution in [-0.2, 0) is 19.1 Å². The van der Waals surface area contributed by atoms with E-state index in [2.05, 4.69) is 13.2 Å². The fourth-order valence-corrected chi connectivity index (χ4v) is 3.16. The van der Waals surface area contributed by atoms with E-state index in [1.54, 1.807) is 19.9 Å². The van der Waals surface area contributed by atoms with Crippen molar-refractivity contribution in [3.05, 3.63) is 47.6 Å². The third-order valence-electron chi connectivity index (χ3n) is 4.73. The Hall–Kier alpha value is -2.23. The van der Waals surface area contributed by atoms with Gasteiger partial charge in [0.25, 0.3) is 0 Å². The van der Waals surface area contributed by atoms with Gasteiger partial charge in [0.05, 0.1) is 5.92 Å². The van der Waals surface area contributed by atoms with Crippen LogP contribution in [0.3, 0.4) is 0 Å². The summed E-state index contributed by atoms with van der Waals surface area (Å²) >= 11 is 0. The number of fused-ring (bicyclic) bond motifs is 1. The maximum Gasteiger partial charge on any atom is 0.334 e. The second-order valence-corrected chi connectivity index (χ2v) is 6.82. The van der Waals surface area contributed by atoms with Gasteiger partial charge in [0.1, 0.15) is 6.10 Å². The Morgan fingerprint density at radius 3 is 2.42 bits per heavy atom. The second-order valence-electron chi connectivity index (χ2n) is 6.82. The quantitative estimate of drug-likeness (QED) is 0.575. The number of ketones is 2. The van der Waals surface area contributed by atoms with Crippen LogP contribution in [0.2, 0.25) is 0 Å². The fraction of sp³-hybridized carbons (Fsp3) is 0.450. The first-order valence-corrected chi connectivity index (χ1v) is 8.18. The van der Waals surface area contributed by atoms with Gasteiger partial charge in [-0.1, -0.05) is 24.3 Å². The van der Waals surface area contributed by atoms with Crippen LogP contribution < -0.4 is 0 Å². The van der Waals surface area contributed by atoms with Crippen LogP contribution in [0.1, 0.15) is 40.0 Å². The lowest BCUT2D eigenvalue weighted by molar-refractivity contribution is -0.142. The van der Waals surface area contributed by atoms with E-state index in [0.717, 1.165) is 5.57 Å². The molecular formula is C20H24O4. The summed E-state index contributed by atoms with van der Waals surface area (Å²) < 4.78 is 5.39. The molecule has 0 spiro atoms. The molecule has 0 radical (unpaired) electrons. The minimum atomic E-state index is -0.648. The molecule has 0 aromatic heterocycles. The highest BCUT2D eigenvalue weighted by Crippen LogP contribution is 2.31. The number of rotatable bonds is 2. The smallest absolute Gasteiger partial charge is 0.334 e. The van der Waals surface area contributed by atoms with Gasteiger partial charge in [-0.15, -0.1) is 0 Å². The van der Waals surface area contributed by atoms with Crippen molar-refractivity contribution in [3.63, 3.8) is 0 Å². The molecule has 3 atom stereocenters. The molecular weight excluding hydrogens is 304 g/mol. The highest BCUT2D eigenvalue weighted by atomic mass is 16.5. The number of carbonyl (C=O) groups is 3. The van der Waals surface area contributed by atoms with Crippen molar-refractivity contribution in [2.75, 3.05) is 0 Å². The first-order chi connectivity index (χ1) is 11.2. The molecule has 128 valence electrons. The molecule has 0 fully saturated rings. The topological polar surface area (TPSA) is 60.4 Å². The van der Waals surface area contributed by atoms with Gasteiger partial charge in [-0.3, -0.25) is 9.59 Å². The summed E-state index contributed by atoms with van der Waals surface area (Å²) in [6.45, 7) is 13.1. The van der Waals surface area contributed by atoms with Crippen LogP contribution in [0.25, 0.3) is 0 Å². The second kappa shape index (κ2) is 7.12. The van der Waals surface area contributed by atoms with E-state index in [1.807, 2.05) is 6.92 Å². The third kappa shape index (κ3) is 3.81. The van der Waals surface area contributed by atoms with Gasteiger partial charge < -0.3 is 4.74 Å². The number of Topliss-reactive ketones (excluding diaryl/α,β-unsaturated/α-hetero) is 1. The Kier molecular flexibility index (Phi) is 5.37. The van der Waals surface area contributed by atoms with Gasteiger partial charge in [-0.2, -0.15) is 0 Å². The summed E-state index contributed by atoms with van der Waals surface area (Å²) in [6.07, 6.45) is 3.93. The molecule has 2 rings (SSSR count). The van der Waals surface area contributed by atoms with Gasteiger partial charge in [-0.25, -0.2) is 4.79 Å². The van der Waals surface area contributed by atoms with E-state index in [4.69, 9.17) is 4.74 Å². The van der Waals surface area contributed by atoms with Crippen molar-refractivity contribution in [3.8, 4) is 0 Å². The zero-order valence-electron chi connectivity index (χ0n) is 14.6. The lowest BCUT2D eigenvalue weighted by atomic mass is 9.85. The summed E-state index contributed by atoms with van der Waals surface area (Å²) in [5, 5.41) is 0. The first-order valence-electron chi connectivity index (χ1n) is 8.18. The molecule has 0 unspecified atom stereocenters. The Morgan fingerprint density at radius 2 is 1.83 bits per heavy atom. The number of esters is 1. The zero-order valence-corrected chi connectivity index (χ0v) is 14.6. The molecule has 1 heterocycles. The van der Waals surface area contributed by atoms with Gasteiger partial charge in [-0.05, 0) is 57.3 Å². The van der Waals surface area contributed by atoms with Crippen LogP contribution in [0.5, 0.6) is 0 Å². The fourth-order valence-electron chi connectivity index (χ4n) is 3.16.